The predicted molar refractivity (Wildman–Crippen MR) is 68.4 cm³/mol. The normalized spacial score (nSPS) is 10.5. The molecule has 0 aromatic carbocycles. The van der Waals surface area contributed by atoms with Gasteiger partial charge in [0.05, 0.1) is 0 Å². The minimum atomic E-state index is -0.126. The highest BCUT2D eigenvalue weighted by Gasteiger charge is 1.96. The molecule has 17 heavy (non-hydrogen) atoms. The molecule has 0 atom stereocenters. The van der Waals surface area contributed by atoms with Crippen molar-refractivity contribution in [2.75, 3.05) is 25.1 Å². The van der Waals surface area contributed by atoms with Crippen LogP contribution in [-0.2, 0) is 4.74 Å². The summed E-state index contributed by atoms with van der Waals surface area (Å²) in [5.41, 5.74) is 0.592. The fourth-order valence-corrected chi connectivity index (χ4v) is 1.39. The van der Waals surface area contributed by atoms with Gasteiger partial charge in [-0.3, -0.25) is 9.78 Å². The molecule has 0 aliphatic heterocycles. The van der Waals surface area contributed by atoms with Gasteiger partial charge in [0.25, 0.3) is 5.56 Å². The van der Waals surface area contributed by atoms with E-state index >= 15 is 0 Å². The standard InChI is InChI=1S/C12H21N3O2/c1-3-4-7-17-8-5-6-13-12-14-10(2)9-11(16)15-12/h9H,3-8H2,1-2H3,(H2,13,14,15,16). The Bertz CT molecular complexity index is 376. The second kappa shape index (κ2) is 7.84. The molecule has 1 heterocycles. The lowest BCUT2D eigenvalue weighted by atomic mass is 10.4. The van der Waals surface area contributed by atoms with Crippen molar-refractivity contribution in [2.45, 2.75) is 33.1 Å². The molecule has 0 fully saturated rings. The van der Waals surface area contributed by atoms with E-state index in [1.807, 2.05) is 0 Å². The molecule has 0 spiro atoms. The number of nitrogens with zero attached hydrogens (tertiary/aromatic N) is 1. The Hall–Kier alpha value is -1.36. The maximum atomic E-state index is 11.2. The van der Waals surface area contributed by atoms with Crippen LogP contribution in [0.4, 0.5) is 5.95 Å². The van der Waals surface area contributed by atoms with Crippen LogP contribution in [-0.4, -0.2) is 29.7 Å². The zero-order valence-electron chi connectivity index (χ0n) is 10.6. The van der Waals surface area contributed by atoms with E-state index in [2.05, 4.69) is 22.2 Å². The van der Waals surface area contributed by atoms with E-state index in [-0.39, 0.29) is 5.56 Å². The van der Waals surface area contributed by atoms with Crippen molar-refractivity contribution in [2.24, 2.45) is 0 Å². The molecule has 0 radical (unpaired) electrons. The molecule has 5 nitrogen and oxygen atoms in total. The summed E-state index contributed by atoms with van der Waals surface area (Å²) >= 11 is 0. The lowest BCUT2D eigenvalue weighted by molar-refractivity contribution is 0.131. The fourth-order valence-electron chi connectivity index (χ4n) is 1.39. The first-order valence-corrected chi connectivity index (χ1v) is 6.12. The molecule has 96 valence electrons. The van der Waals surface area contributed by atoms with Gasteiger partial charge in [-0.2, -0.15) is 0 Å². The molecule has 0 aliphatic rings. The van der Waals surface area contributed by atoms with Crippen molar-refractivity contribution in [3.05, 3.63) is 22.1 Å². The van der Waals surface area contributed by atoms with E-state index in [0.717, 1.165) is 44.7 Å². The number of anilines is 1. The Balaban J connectivity index is 2.16. The molecule has 0 saturated carbocycles. The number of ether oxygens (including phenoxy) is 1. The molecule has 0 aliphatic carbocycles. The Morgan fingerprint density at radius 3 is 2.88 bits per heavy atom. The quantitative estimate of drug-likeness (QED) is 0.677. The highest BCUT2D eigenvalue weighted by atomic mass is 16.5. The van der Waals surface area contributed by atoms with Crippen LogP contribution in [0.5, 0.6) is 0 Å². The smallest absolute Gasteiger partial charge is 0.252 e. The Labute approximate surface area is 102 Å². The average molecular weight is 239 g/mol. The number of unbranched alkanes of at least 4 members (excludes halogenated alkanes) is 1. The van der Waals surface area contributed by atoms with Crippen LogP contribution < -0.4 is 10.9 Å². The number of hydrogen-bond donors (Lipinski definition) is 2. The number of hydrogen-bond acceptors (Lipinski definition) is 4. The largest absolute Gasteiger partial charge is 0.381 e. The van der Waals surface area contributed by atoms with Crippen LogP contribution in [0.15, 0.2) is 10.9 Å². The van der Waals surface area contributed by atoms with Gasteiger partial charge >= 0.3 is 0 Å². The minimum Gasteiger partial charge on any atom is -0.381 e. The van der Waals surface area contributed by atoms with Crippen molar-refractivity contribution in [3.63, 3.8) is 0 Å². The molecule has 1 rings (SSSR count). The molecule has 0 amide bonds. The monoisotopic (exact) mass is 239 g/mol. The average Bonchev–Trinajstić information content (AvgIpc) is 2.26. The van der Waals surface area contributed by atoms with Crippen molar-refractivity contribution in [3.8, 4) is 0 Å². The SMILES string of the molecule is CCCCOCCCNc1nc(C)cc(=O)[nH]1. The fraction of sp³-hybridized carbons (Fsp3) is 0.667. The lowest BCUT2D eigenvalue weighted by Gasteiger charge is -2.06. The summed E-state index contributed by atoms with van der Waals surface area (Å²) in [5.74, 6) is 0.531. The minimum absolute atomic E-state index is 0.126. The Morgan fingerprint density at radius 1 is 1.41 bits per heavy atom. The number of nitrogens with one attached hydrogen (secondary N) is 2. The summed E-state index contributed by atoms with van der Waals surface area (Å²) in [7, 11) is 0. The number of aryl methyl sites for hydroxylation is 1. The molecule has 1 aromatic heterocycles. The summed E-state index contributed by atoms with van der Waals surface area (Å²) in [6.07, 6.45) is 3.17. The van der Waals surface area contributed by atoms with Gasteiger partial charge in [0.15, 0.2) is 0 Å². The van der Waals surface area contributed by atoms with Crippen molar-refractivity contribution < 1.29 is 4.74 Å². The second-order valence-corrected chi connectivity index (χ2v) is 3.98. The number of rotatable bonds is 8. The number of aromatic amines is 1. The molecule has 0 saturated heterocycles. The van der Waals surface area contributed by atoms with Gasteiger partial charge in [-0.1, -0.05) is 13.3 Å². The summed E-state index contributed by atoms with van der Waals surface area (Å²) in [5, 5.41) is 3.07. The second-order valence-electron chi connectivity index (χ2n) is 3.98. The van der Waals surface area contributed by atoms with Crippen molar-refractivity contribution in [1.29, 1.82) is 0 Å². The topological polar surface area (TPSA) is 67.0 Å². The summed E-state index contributed by atoms with van der Waals surface area (Å²) in [4.78, 5) is 18.0. The molecule has 0 bridgehead atoms. The Kier molecular flexibility index (Phi) is 6.32. The van der Waals surface area contributed by atoms with Crippen molar-refractivity contribution >= 4 is 5.95 Å². The van der Waals surface area contributed by atoms with Gasteiger partial charge in [-0.05, 0) is 19.8 Å². The highest BCUT2D eigenvalue weighted by Crippen LogP contribution is 1.96. The van der Waals surface area contributed by atoms with Gasteiger partial charge in [0, 0.05) is 31.5 Å². The van der Waals surface area contributed by atoms with E-state index < -0.39 is 0 Å². The van der Waals surface area contributed by atoms with Crippen LogP contribution in [0.2, 0.25) is 0 Å². The third kappa shape index (κ3) is 6.06. The van der Waals surface area contributed by atoms with E-state index in [1.165, 1.54) is 6.07 Å². The Morgan fingerprint density at radius 2 is 2.18 bits per heavy atom. The maximum Gasteiger partial charge on any atom is 0.252 e. The van der Waals surface area contributed by atoms with Crippen LogP contribution in [0.1, 0.15) is 31.9 Å². The third-order valence-electron chi connectivity index (χ3n) is 2.27. The van der Waals surface area contributed by atoms with Crippen LogP contribution in [0, 0.1) is 6.92 Å². The van der Waals surface area contributed by atoms with Gasteiger partial charge in [0.1, 0.15) is 0 Å². The van der Waals surface area contributed by atoms with Crippen LogP contribution in [0.3, 0.4) is 0 Å². The van der Waals surface area contributed by atoms with Gasteiger partial charge in [-0.15, -0.1) is 0 Å². The molecule has 5 heteroatoms. The molecule has 0 unspecified atom stereocenters. The summed E-state index contributed by atoms with van der Waals surface area (Å²) < 4.78 is 5.43. The zero-order valence-corrected chi connectivity index (χ0v) is 10.6. The molecule has 2 N–H and O–H groups in total. The first-order valence-electron chi connectivity index (χ1n) is 6.12. The van der Waals surface area contributed by atoms with E-state index in [9.17, 15) is 4.79 Å². The molecular formula is C12H21N3O2. The first-order chi connectivity index (χ1) is 8.22. The van der Waals surface area contributed by atoms with Gasteiger partial charge < -0.3 is 10.1 Å². The number of H-pyrrole nitrogens is 1. The van der Waals surface area contributed by atoms with Gasteiger partial charge in [-0.25, -0.2) is 4.98 Å². The van der Waals surface area contributed by atoms with E-state index in [1.54, 1.807) is 6.92 Å². The van der Waals surface area contributed by atoms with E-state index in [4.69, 9.17) is 4.74 Å². The molecular weight excluding hydrogens is 218 g/mol. The summed E-state index contributed by atoms with van der Waals surface area (Å²) in [6, 6.07) is 1.47. The first kappa shape index (κ1) is 13.7. The van der Waals surface area contributed by atoms with Gasteiger partial charge in [0.2, 0.25) is 5.95 Å². The van der Waals surface area contributed by atoms with Crippen LogP contribution >= 0.6 is 0 Å². The van der Waals surface area contributed by atoms with Crippen molar-refractivity contribution in [1.82, 2.24) is 9.97 Å². The predicted octanol–water partition coefficient (Wildman–Crippen LogP) is 1.70. The van der Waals surface area contributed by atoms with Crippen LogP contribution in [0.25, 0.3) is 0 Å². The zero-order chi connectivity index (χ0) is 12.5. The number of aromatic nitrogens is 2. The van der Waals surface area contributed by atoms with E-state index in [0.29, 0.717) is 5.95 Å². The third-order valence-corrected chi connectivity index (χ3v) is 2.27. The molecule has 1 aromatic rings. The lowest BCUT2D eigenvalue weighted by Crippen LogP contribution is -2.14. The summed E-state index contributed by atoms with van der Waals surface area (Å²) in [6.45, 7) is 6.26. The highest BCUT2D eigenvalue weighted by molar-refractivity contribution is 5.24. The maximum absolute atomic E-state index is 11.2.